The van der Waals surface area contributed by atoms with Gasteiger partial charge in [-0.25, -0.2) is 17.2 Å². The molecule has 0 aliphatic heterocycles. The Labute approximate surface area is 101 Å². The molecule has 17 heavy (non-hydrogen) atoms. The van der Waals surface area contributed by atoms with Gasteiger partial charge in [0.25, 0.3) is 15.5 Å². The number of halogens is 3. The number of nitrogens with two attached hydrogens (primary N) is 1. The standard InChI is InChI=1S/C9H7ClF2N2O2S/c10-17(15,16)8-2-5(3-13)1-6(9(11)12)7(8)4-14/h1-2,9H,4,14H2. The summed E-state index contributed by atoms with van der Waals surface area (Å²) in [5.41, 5.74) is 4.17. The molecule has 0 fully saturated rings. The first-order chi connectivity index (χ1) is 7.81. The lowest BCUT2D eigenvalue weighted by Gasteiger charge is -2.11. The maximum Gasteiger partial charge on any atom is 0.264 e. The van der Waals surface area contributed by atoms with E-state index in [0.717, 1.165) is 12.1 Å². The van der Waals surface area contributed by atoms with Crippen molar-refractivity contribution in [1.29, 1.82) is 5.26 Å². The fraction of sp³-hybridized carbons (Fsp3) is 0.222. The summed E-state index contributed by atoms with van der Waals surface area (Å²) in [5, 5.41) is 8.63. The highest BCUT2D eigenvalue weighted by atomic mass is 35.7. The number of hydrogen-bond acceptors (Lipinski definition) is 4. The van der Waals surface area contributed by atoms with Crippen LogP contribution in [0, 0.1) is 11.3 Å². The molecule has 0 spiro atoms. The zero-order valence-corrected chi connectivity index (χ0v) is 9.89. The van der Waals surface area contributed by atoms with Crippen LogP contribution < -0.4 is 5.73 Å². The molecule has 0 aliphatic carbocycles. The predicted molar refractivity (Wildman–Crippen MR) is 57.0 cm³/mol. The number of nitrogens with zero attached hydrogens (tertiary/aromatic N) is 1. The second-order valence-corrected chi connectivity index (χ2v) is 5.63. The molecule has 1 aromatic rings. The summed E-state index contributed by atoms with van der Waals surface area (Å²) < 4.78 is 47.8. The minimum Gasteiger partial charge on any atom is -0.326 e. The lowest BCUT2D eigenvalue weighted by Crippen LogP contribution is -2.09. The smallest absolute Gasteiger partial charge is 0.264 e. The Morgan fingerprint density at radius 2 is 2.06 bits per heavy atom. The van der Waals surface area contributed by atoms with Gasteiger partial charge in [0.05, 0.1) is 16.5 Å². The van der Waals surface area contributed by atoms with Crippen molar-refractivity contribution < 1.29 is 17.2 Å². The van der Waals surface area contributed by atoms with Crippen LogP contribution in [0.25, 0.3) is 0 Å². The normalized spacial score (nSPS) is 11.5. The van der Waals surface area contributed by atoms with Crippen LogP contribution >= 0.6 is 10.7 Å². The van der Waals surface area contributed by atoms with Gasteiger partial charge in [0, 0.05) is 22.8 Å². The number of alkyl halides is 2. The first-order valence-corrected chi connectivity index (χ1v) is 6.62. The van der Waals surface area contributed by atoms with Crippen LogP contribution in [0.4, 0.5) is 8.78 Å². The van der Waals surface area contributed by atoms with Gasteiger partial charge in [0.1, 0.15) is 0 Å². The third-order valence-electron chi connectivity index (χ3n) is 2.07. The molecule has 0 unspecified atom stereocenters. The molecule has 2 N–H and O–H groups in total. The first kappa shape index (κ1) is 13.8. The Hall–Kier alpha value is -1.23. The third kappa shape index (κ3) is 2.91. The topological polar surface area (TPSA) is 83.9 Å². The average Bonchev–Trinajstić information content (AvgIpc) is 2.25. The fourth-order valence-electron chi connectivity index (χ4n) is 1.36. The van der Waals surface area contributed by atoms with Crippen LogP contribution in [0.1, 0.15) is 23.1 Å². The highest BCUT2D eigenvalue weighted by molar-refractivity contribution is 8.13. The molecule has 0 radical (unpaired) electrons. The molecule has 1 aromatic carbocycles. The maximum absolute atomic E-state index is 12.7. The lowest BCUT2D eigenvalue weighted by molar-refractivity contribution is 0.150. The summed E-state index contributed by atoms with van der Waals surface area (Å²) in [6, 6.07) is 3.42. The minimum absolute atomic E-state index is 0.211. The molecule has 92 valence electrons. The van der Waals surface area contributed by atoms with Crippen LogP contribution in [0.5, 0.6) is 0 Å². The predicted octanol–water partition coefficient (Wildman–Crippen LogP) is 1.88. The van der Waals surface area contributed by atoms with Crippen molar-refractivity contribution in [3.05, 3.63) is 28.8 Å². The van der Waals surface area contributed by atoms with Crippen molar-refractivity contribution in [3.8, 4) is 6.07 Å². The number of benzene rings is 1. The number of nitriles is 1. The molecule has 0 bridgehead atoms. The van der Waals surface area contributed by atoms with Gasteiger partial charge in [-0.1, -0.05) is 0 Å². The molecular formula is C9H7ClF2N2O2S. The Morgan fingerprint density at radius 1 is 1.47 bits per heavy atom. The van der Waals surface area contributed by atoms with E-state index in [9.17, 15) is 17.2 Å². The summed E-state index contributed by atoms with van der Waals surface area (Å²) in [6.07, 6.45) is -2.93. The Kier molecular flexibility index (Phi) is 4.03. The van der Waals surface area contributed by atoms with E-state index in [1.165, 1.54) is 0 Å². The van der Waals surface area contributed by atoms with Crippen molar-refractivity contribution in [2.75, 3.05) is 0 Å². The van der Waals surface area contributed by atoms with Crippen LogP contribution in [-0.4, -0.2) is 8.42 Å². The van der Waals surface area contributed by atoms with Crippen molar-refractivity contribution in [2.45, 2.75) is 17.9 Å². The van der Waals surface area contributed by atoms with Gasteiger partial charge in [-0.05, 0) is 17.7 Å². The highest BCUT2D eigenvalue weighted by Crippen LogP contribution is 2.30. The molecule has 4 nitrogen and oxygen atoms in total. The molecular weight excluding hydrogens is 274 g/mol. The molecule has 0 aromatic heterocycles. The average molecular weight is 281 g/mol. The van der Waals surface area contributed by atoms with Gasteiger partial charge in [-0.15, -0.1) is 0 Å². The summed E-state index contributed by atoms with van der Waals surface area (Å²) in [7, 11) is 0.884. The Balaban J connectivity index is 3.70. The SMILES string of the molecule is N#Cc1cc(C(F)F)c(CN)c(S(=O)(=O)Cl)c1. The van der Waals surface area contributed by atoms with E-state index in [2.05, 4.69) is 0 Å². The van der Waals surface area contributed by atoms with Crippen molar-refractivity contribution in [2.24, 2.45) is 5.73 Å². The summed E-state index contributed by atoms with van der Waals surface area (Å²) >= 11 is 0. The molecule has 0 saturated heterocycles. The van der Waals surface area contributed by atoms with Crippen LogP contribution in [0.3, 0.4) is 0 Å². The monoisotopic (exact) mass is 280 g/mol. The molecule has 0 heterocycles. The maximum atomic E-state index is 12.7. The van der Waals surface area contributed by atoms with Crippen LogP contribution in [0.2, 0.25) is 0 Å². The zero-order chi connectivity index (χ0) is 13.2. The number of hydrogen-bond donors (Lipinski definition) is 1. The largest absolute Gasteiger partial charge is 0.326 e. The van der Waals surface area contributed by atoms with Gasteiger partial charge in [0.2, 0.25) is 0 Å². The lowest BCUT2D eigenvalue weighted by atomic mass is 10.0. The van der Waals surface area contributed by atoms with E-state index in [1.807, 2.05) is 0 Å². The Morgan fingerprint density at radius 3 is 2.41 bits per heavy atom. The highest BCUT2D eigenvalue weighted by Gasteiger charge is 2.23. The molecule has 0 aliphatic rings. The van der Waals surface area contributed by atoms with E-state index >= 15 is 0 Å². The molecule has 0 atom stereocenters. The summed E-state index contributed by atoms with van der Waals surface area (Å²) in [6.45, 7) is -0.410. The molecule has 0 saturated carbocycles. The van der Waals surface area contributed by atoms with Gasteiger partial charge in [-0.3, -0.25) is 0 Å². The summed E-state index contributed by atoms with van der Waals surface area (Å²) in [5.74, 6) is 0. The quantitative estimate of drug-likeness (QED) is 0.857. The first-order valence-electron chi connectivity index (χ1n) is 4.31. The van der Waals surface area contributed by atoms with Crippen LogP contribution in [0.15, 0.2) is 17.0 Å². The third-order valence-corrected chi connectivity index (χ3v) is 3.46. The van der Waals surface area contributed by atoms with Crippen molar-refractivity contribution in [1.82, 2.24) is 0 Å². The van der Waals surface area contributed by atoms with Gasteiger partial charge in [-0.2, -0.15) is 5.26 Å². The minimum atomic E-state index is -4.23. The van der Waals surface area contributed by atoms with E-state index in [-0.39, 0.29) is 11.1 Å². The number of rotatable bonds is 3. The van der Waals surface area contributed by atoms with E-state index in [1.54, 1.807) is 6.07 Å². The second kappa shape index (κ2) is 4.96. The van der Waals surface area contributed by atoms with Crippen molar-refractivity contribution in [3.63, 3.8) is 0 Å². The second-order valence-electron chi connectivity index (χ2n) is 3.10. The Bertz CT molecular complexity index is 581. The van der Waals surface area contributed by atoms with Crippen LogP contribution in [-0.2, 0) is 15.6 Å². The van der Waals surface area contributed by atoms with Crippen molar-refractivity contribution >= 4 is 19.7 Å². The van der Waals surface area contributed by atoms with Gasteiger partial charge < -0.3 is 5.73 Å². The zero-order valence-electron chi connectivity index (χ0n) is 8.32. The van der Waals surface area contributed by atoms with E-state index < -0.39 is 32.5 Å². The van der Waals surface area contributed by atoms with Gasteiger partial charge in [0.15, 0.2) is 0 Å². The molecule has 1 rings (SSSR count). The molecule has 0 amide bonds. The summed E-state index contributed by atoms with van der Waals surface area (Å²) in [4.78, 5) is -0.545. The molecule has 8 heteroatoms. The van der Waals surface area contributed by atoms with E-state index in [0.29, 0.717) is 0 Å². The van der Waals surface area contributed by atoms with E-state index in [4.69, 9.17) is 21.7 Å². The van der Waals surface area contributed by atoms with Gasteiger partial charge >= 0.3 is 0 Å². The fourth-order valence-corrected chi connectivity index (χ4v) is 2.54.